The van der Waals surface area contributed by atoms with Gasteiger partial charge in [0.25, 0.3) is 5.91 Å². The van der Waals surface area contributed by atoms with E-state index in [1.807, 2.05) is 27.7 Å². The Bertz CT molecular complexity index is 656. The molecule has 1 N–H and O–H groups in total. The summed E-state index contributed by atoms with van der Waals surface area (Å²) in [7, 11) is 1.52. The van der Waals surface area contributed by atoms with Crippen molar-refractivity contribution in [3.05, 3.63) is 28.8 Å². The smallest absolute Gasteiger partial charge is 0.331 e. The van der Waals surface area contributed by atoms with Crippen molar-refractivity contribution in [1.29, 1.82) is 0 Å². The number of benzene rings is 1. The van der Waals surface area contributed by atoms with Gasteiger partial charge in [0.15, 0.2) is 18.1 Å². The Kier molecular flexibility index (Phi) is 8.99. The number of methoxy groups -OCH3 is 1. The molecule has 0 saturated carbocycles. The second kappa shape index (κ2) is 10.7. The minimum absolute atomic E-state index is 0.0113. The molecule has 26 heavy (non-hydrogen) atoms. The van der Waals surface area contributed by atoms with Gasteiger partial charge in [0, 0.05) is 12.1 Å². The second-order valence-electron chi connectivity index (χ2n) is 6.40. The van der Waals surface area contributed by atoms with Gasteiger partial charge >= 0.3 is 5.97 Å². The molecule has 0 aliphatic heterocycles. The van der Waals surface area contributed by atoms with Crippen molar-refractivity contribution in [2.75, 3.05) is 20.3 Å². The van der Waals surface area contributed by atoms with Crippen molar-refractivity contribution < 1.29 is 23.8 Å². The third-order valence-corrected chi connectivity index (χ3v) is 3.30. The summed E-state index contributed by atoms with van der Waals surface area (Å²) in [4.78, 5) is 23.2. The number of hydrogen-bond acceptors (Lipinski definition) is 5. The number of nitrogens with one attached hydrogen (secondary N) is 1. The lowest BCUT2D eigenvalue weighted by atomic mass is 10.2. The monoisotopic (exact) mass is 383 g/mol. The molecule has 0 fully saturated rings. The van der Waals surface area contributed by atoms with Gasteiger partial charge in [-0.3, -0.25) is 4.79 Å². The maximum atomic E-state index is 11.7. The summed E-state index contributed by atoms with van der Waals surface area (Å²) in [5.41, 5.74) is 0.646. The van der Waals surface area contributed by atoms with Crippen LogP contribution in [0.3, 0.4) is 0 Å². The van der Waals surface area contributed by atoms with Crippen LogP contribution in [-0.2, 0) is 14.3 Å². The number of amides is 1. The van der Waals surface area contributed by atoms with Gasteiger partial charge in [-0.2, -0.15) is 0 Å². The topological polar surface area (TPSA) is 73.9 Å². The highest BCUT2D eigenvalue weighted by Gasteiger charge is 2.12. The number of hydrogen-bond donors (Lipinski definition) is 1. The maximum Gasteiger partial charge on any atom is 0.331 e. The number of carbonyl (C=O) groups excluding carboxylic acids is 2. The summed E-state index contributed by atoms with van der Waals surface area (Å²) in [5.74, 6) is 0.311. The van der Waals surface area contributed by atoms with Gasteiger partial charge in [0.05, 0.1) is 18.7 Å². The normalized spacial score (nSPS) is 11.1. The minimum Gasteiger partial charge on any atom is -0.493 e. The Morgan fingerprint density at radius 1 is 1.23 bits per heavy atom. The van der Waals surface area contributed by atoms with Crippen LogP contribution in [0, 0.1) is 5.92 Å². The first kappa shape index (κ1) is 21.8. The van der Waals surface area contributed by atoms with Gasteiger partial charge in [-0.15, -0.1) is 0 Å². The zero-order chi connectivity index (χ0) is 19.7. The molecule has 1 rings (SSSR count). The van der Waals surface area contributed by atoms with Crippen molar-refractivity contribution >= 4 is 29.6 Å². The van der Waals surface area contributed by atoms with E-state index in [0.29, 0.717) is 34.6 Å². The fourth-order valence-electron chi connectivity index (χ4n) is 1.94. The molecule has 0 aliphatic carbocycles. The number of halogens is 1. The van der Waals surface area contributed by atoms with Crippen LogP contribution in [0.15, 0.2) is 18.2 Å². The van der Waals surface area contributed by atoms with Gasteiger partial charge in [0.1, 0.15) is 0 Å². The molecule has 0 saturated heterocycles. The SMILES string of the molecule is COc1cc(/C=C/C(=O)OCC(=O)NC(C)C)cc(Cl)c1OCC(C)C. The summed E-state index contributed by atoms with van der Waals surface area (Å²) in [6.45, 7) is 7.90. The van der Waals surface area contributed by atoms with E-state index in [1.54, 1.807) is 12.1 Å². The molecule has 0 unspecified atom stereocenters. The first-order valence-corrected chi connectivity index (χ1v) is 8.75. The van der Waals surface area contributed by atoms with Gasteiger partial charge in [-0.1, -0.05) is 25.4 Å². The minimum atomic E-state index is -0.626. The van der Waals surface area contributed by atoms with E-state index in [1.165, 1.54) is 19.3 Å². The van der Waals surface area contributed by atoms with Crippen LogP contribution >= 0.6 is 11.6 Å². The third-order valence-electron chi connectivity index (χ3n) is 3.02. The molecule has 1 aromatic rings. The molecule has 0 spiro atoms. The molecule has 1 amide bonds. The molecular weight excluding hydrogens is 358 g/mol. The first-order chi connectivity index (χ1) is 12.2. The molecule has 6 nitrogen and oxygen atoms in total. The Morgan fingerprint density at radius 3 is 2.50 bits per heavy atom. The van der Waals surface area contributed by atoms with Gasteiger partial charge in [-0.05, 0) is 43.5 Å². The molecule has 0 radical (unpaired) electrons. The molecule has 0 heterocycles. The quantitative estimate of drug-likeness (QED) is 0.522. The summed E-state index contributed by atoms with van der Waals surface area (Å²) in [6.07, 6.45) is 2.76. The molecule has 0 aliphatic rings. The van der Waals surface area contributed by atoms with Crippen molar-refractivity contribution in [1.82, 2.24) is 5.32 Å². The summed E-state index contributed by atoms with van der Waals surface area (Å²) in [5, 5.41) is 3.02. The molecule has 144 valence electrons. The van der Waals surface area contributed by atoms with Crippen LogP contribution in [0.4, 0.5) is 0 Å². The average Bonchev–Trinajstić information content (AvgIpc) is 2.55. The lowest BCUT2D eigenvalue weighted by molar-refractivity contribution is -0.143. The van der Waals surface area contributed by atoms with E-state index >= 15 is 0 Å². The third kappa shape index (κ3) is 7.78. The van der Waals surface area contributed by atoms with Crippen LogP contribution < -0.4 is 14.8 Å². The summed E-state index contributed by atoms with van der Waals surface area (Å²) >= 11 is 6.26. The lowest BCUT2D eigenvalue weighted by Gasteiger charge is -2.14. The highest BCUT2D eigenvalue weighted by Crippen LogP contribution is 2.37. The van der Waals surface area contributed by atoms with Crippen molar-refractivity contribution in [3.8, 4) is 11.5 Å². The van der Waals surface area contributed by atoms with E-state index in [4.69, 9.17) is 25.8 Å². The predicted octanol–water partition coefficient (Wildman–Crippen LogP) is 3.46. The van der Waals surface area contributed by atoms with Crippen LogP contribution in [-0.4, -0.2) is 38.2 Å². The Labute approximate surface area is 159 Å². The van der Waals surface area contributed by atoms with E-state index in [9.17, 15) is 9.59 Å². The summed E-state index contributed by atoms with van der Waals surface area (Å²) < 4.78 is 15.9. The highest BCUT2D eigenvalue weighted by atomic mass is 35.5. The van der Waals surface area contributed by atoms with E-state index < -0.39 is 5.97 Å². The number of rotatable bonds is 9. The molecular formula is C19H26ClNO5. The van der Waals surface area contributed by atoms with Crippen LogP contribution in [0.2, 0.25) is 5.02 Å². The largest absolute Gasteiger partial charge is 0.493 e. The zero-order valence-corrected chi connectivity index (χ0v) is 16.6. The second-order valence-corrected chi connectivity index (χ2v) is 6.81. The molecule has 1 aromatic carbocycles. The van der Waals surface area contributed by atoms with Crippen molar-refractivity contribution in [3.63, 3.8) is 0 Å². The van der Waals surface area contributed by atoms with E-state index in [2.05, 4.69) is 5.32 Å². The Morgan fingerprint density at radius 2 is 1.92 bits per heavy atom. The van der Waals surface area contributed by atoms with Crippen LogP contribution in [0.5, 0.6) is 11.5 Å². The first-order valence-electron chi connectivity index (χ1n) is 8.37. The van der Waals surface area contributed by atoms with Crippen LogP contribution in [0.1, 0.15) is 33.3 Å². The Balaban J connectivity index is 2.74. The number of esters is 1. The van der Waals surface area contributed by atoms with E-state index in [-0.39, 0.29) is 18.6 Å². The van der Waals surface area contributed by atoms with Crippen LogP contribution in [0.25, 0.3) is 6.08 Å². The van der Waals surface area contributed by atoms with Crippen molar-refractivity contribution in [2.24, 2.45) is 5.92 Å². The molecule has 0 bridgehead atoms. The maximum absolute atomic E-state index is 11.7. The number of carbonyl (C=O) groups is 2. The van der Waals surface area contributed by atoms with Crippen molar-refractivity contribution in [2.45, 2.75) is 33.7 Å². The summed E-state index contributed by atoms with van der Waals surface area (Å²) in [6, 6.07) is 3.36. The standard InChI is InChI=1S/C19H26ClNO5/c1-12(2)10-26-19-15(20)8-14(9-16(19)24-5)6-7-18(23)25-11-17(22)21-13(3)4/h6-9,12-13H,10-11H2,1-5H3,(H,21,22)/b7-6+. The van der Waals surface area contributed by atoms with Gasteiger partial charge < -0.3 is 19.5 Å². The lowest BCUT2D eigenvalue weighted by Crippen LogP contribution is -2.33. The predicted molar refractivity (Wildman–Crippen MR) is 102 cm³/mol. The highest BCUT2D eigenvalue weighted by molar-refractivity contribution is 6.32. The molecule has 7 heteroatoms. The fraction of sp³-hybridized carbons (Fsp3) is 0.474. The zero-order valence-electron chi connectivity index (χ0n) is 15.8. The van der Waals surface area contributed by atoms with E-state index in [0.717, 1.165) is 0 Å². The number of ether oxygens (including phenoxy) is 3. The molecule has 0 atom stereocenters. The molecule has 0 aromatic heterocycles. The van der Waals surface area contributed by atoms with Gasteiger partial charge in [0.2, 0.25) is 0 Å². The Hall–Kier alpha value is -2.21. The average molecular weight is 384 g/mol. The fourth-order valence-corrected chi connectivity index (χ4v) is 2.21. The van der Waals surface area contributed by atoms with Gasteiger partial charge in [-0.25, -0.2) is 4.79 Å².